The van der Waals surface area contributed by atoms with E-state index >= 15 is 0 Å². The van der Waals surface area contributed by atoms with Crippen LogP contribution in [-0.4, -0.2) is 28.9 Å². The summed E-state index contributed by atoms with van der Waals surface area (Å²) in [4.78, 5) is 18.7. The molecule has 1 aromatic heterocycles. The van der Waals surface area contributed by atoms with Gasteiger partial charge in [0.05, 0.1) is 0 Å². The van der Waals surface area contributed by atoms with Crippen LogP contribution in [0.2, 0.25) is 0 Å². The molecule has 1 aromatic carbocycles. The number of amides is 1. The fourth-order valence-corrected chi connectivity index (χ4v) is 3.17. The van der Waals surface area contributed by atoms with Crippen LogP contribution >= 0.6 is 0 Å². The molecule has 1 saturated heterocycles. The third kappa shape index (κ3) is 3.53. The molecule has 2 heterocycles. The van der Waals surface area contributed by atoms with Crippen molar-refractivity contribution in [1.29, 1.82) is 0 Å². The van der Waals surface area contributed by atoms with Gasteiger partial charge in [0.1, 0.15) is 0 Å². The van der Waals surface area contributed by atoms with Crippen molar-refractivity contribution in [3.63, 3.8) is 0 Å². The number of hydrogen-bond acceptors (Lipinski definition) is 2. The molecule has 1 amide bonds. The summed E-state index contributed by atoms with van der Waals surface area (Å²) in [6, 6.07) is 13.9. The highest BCUT2D eigenvalue weighted by Gasteiger charge is 2.23. The van der Waals surface area contributed by atoms with E-state index in [9.17, 15) is 4.79 Å². The minimum absolute atomic E-state index is 0.166. The number of pyridine rings is 1. The highest BCUT2D eigenvalue weighted by molar-refractivity contribution is 5.94. The average Bonchev–Trinajstić information content (AvgIpc) is 2.56. The van der Waals surface area contributed by atoms with Crippen molar-refractivity contribution < 1.29 is 4.79 Å². The van der Waals surface area contributed by atoms with Gasteiger partial charge >= 0.3 is 0 Å². The Bertz CT molecular complexity index is 631. The first-order valence-corrected chi connectivity index (χ1v) is 7.98. The summed E-state index contributed by atoms with van der Waals surface area (Å²) in [6.07, 6.45) is 5.15. The van der Waals surface area contributed by atoms with Crippen LogP contribution < -0.4 is 0 Å². The van der Waals surface area contributed by atoms with E-state index in [0.29, 0.717) is 5.92 Å². The molecule has 114 valence electrons. The minimum atomic E-state index is 0.166. The molecule has 0 N–H and O–H groups in total. The molecular weight excluding hydrogens is 272 g/mol. The molecule has 0 atom stereocenters. The van der Waals surface area contributed by atoms with Crippen LogP contribution in [0, 0.1) is 12.8 Å². The van der Waals surface area contributed by atoms with Gasteiger partial charge in [0.25, 0.3) is 5.91 Å². The molecule has 0 radical (unpaired) electrons. The van der Waals surface area contributed by atoms with Crippen LogP contribution in [0.25, 0.3) is 0 Å². The Balaban J connectivity index is 1.55. The fourth-order valence-electron chi connectivity index (χ4n) is 3.17. The van der Waals surface area contributed by atoms with Gasteiger partial charge in [0.15, 0.2) is 0 Å². The Morgan fingerprint density at radius 3 is 2.59 bits per heavy atom. The summed E-state index contributed by atoms with van der Waals surface area (Å²) in [6.45, 7) is 3.76. The average molecular weight is 294 g/mol. The number of aromatic nitrogens is 1. The van der Waals surface area contributed by atoms with Crippen LogP contribution in [-0.2, 0) is 6.42 Å². The van der Waals surface area contributed by atoms with Crippen molar-refractivity contribution >= 4 is 5.91 Å². The highest BCUT2D eigenvalue weighted by Crippen LogP contribution is 2.23. The zero-order valence-electron chi connectivity index (χ0n) is 13.0. The Morgan fingerprint density at radius 2 is 1.91 bits per heavy atom. The van der Waals surface area contributed by atoms with Gasteiger partial charge in [-0.2, -0.15) is 0 Å². The van der Waals surface area contributed by atoms with Crippen molar-refractivity contribution in [1.82, 2.24) is 9.88 Å². The molecule has 3 rings (SSSR count). The van der Waals surface area contributed by atoms with Crippen molar-refractivity contribution in [3.8, 4) is 0 Å². The number of hydrogen-bond donors (Lipinski definition) is 0. The van der Waals surface area contributed by atoms with E-state index in [1.54, 1.807) is 0 Å². The molecule has 0 spiro atoms. The molecule has 2 aromatic rings. The second-order valence-electron chi connectivity index (χ2n) is 6.11. The monoisotopic (exact) mass is 294 g/mol. The lowest BCUT2D eigenvalue weighted by Gasteiger charge is -2.32. The molecule has 1 fully saturated rings. The van der Waals surface area contributed by atoms with Crippen molar-refractivity contribution in [2.24, 2.45) is 5.92 Å². The molecule has 3 heteroatoms. The number of piperidine rings is 1. The molecule has 1 aliphatic heterocycles. The number of benzene rings is 1. The van der Waals surface area contributed by atoms with Gasteiger partial charge in [-0.05, 0) is 61.9 Å². The van der Waals surface area contributed by atoms with Crippen LogP contribution in [0.5, 0.6) is 0 Å². The normalized spacial score (nSPS) is 15.8. The maximum absolute atomic E-state index is 12.4. The number of carbonyl (C=O) groups excluding carboxylic acids is 1. The van der Waals surface area contributed by atoms with E-state index in [0.717, 1.165) is 43.6 Å². The number of carbonyl (C=O) groups is 1. The van der Waals surface area contributed by atoms with Crippen LogP contribution in [0.15, 0.2) is 48.7 Å². The summed E-state index contributed by atoms with van der Waals surface area (Å²) < 4.78 is 0. The van der Waals surface area contributed by atoms with Gasteiger partial charge in [-0.25, -0.2) is 0 Å². The molecule has 0 saturated carbocycles. The Labute approximate surface area is 132 Å². The predicted octanol–water partition coefficient (Wildman–Crippen LogP) is 3.48. The van der Waals surface area contributed by atoms with E-state index in [1.165, 1.54) is 5.56 Å². The van der Waals surface area contributed by atoms with E-state index in [2.05, 4.69) is 17.1 Å². The largest absolute Gasteiger partial charge is 0.339 e. The van der Waals surface area contributed by atoms with E-state index in [1.807, 2.05) is 48.4 Å². The summed E-state index contributed by atoms with van der Waals surface area (Å²) in [5.74, 6) is 0.834. The third-order valence-electron chi connectivity index (χ3n) is 4.41. The third-order valence-corrected chi connectivity index (χ3v) is 4.41. The number of aryl methyl sites for hydroxylation is 1. The fraction of sp³-hybridized carbons (Fsp3) is 0.368. The zero-order chi connectivity index (χ0) is 15.4. The SMILES string of the molecule is Cc1cc(CC2CCN(C(=O)c3ccccc3)CC2)ccn1. The summed E-state index contributed by atoms with van der Waals surface area (Å²) >= 11 is 0. The molecular formula is C19H22N2O. The van der Waals surface area contributed by atoms with Crippen LogP contribution in [0.1, 0.15) is 34.5 Å². The summed E-state index contributed by atoms with van der Waals surface area (Å²) in [5, 5.41) is 0. The lowest BCUT2D eigenvalue weighted by atomic mass is 9.90. The van der Waals surface area contributed by atoms with Gasteiger partial charge in [-0.1, -0.05) is 18.2 Å². The van der Waals surface area contributed by atoms with E-state index < -0.39 is 0 Å². The highest BCUT2D eigenvalue weighted by atomic mass is 16.2. The van der Waals surface area contributed by atoms with E-state index in [4.69, 9.17) is 0 Å². The topological polar surface area (TPSA) is 33.2 Å². The standard InChI is InChI=1S/C19H22N2O/c1-15-13-17(7-10-20-15)14-16-8-11-21(12-9-16)19(22)18-5-3-2-4-6-18/h2-7,10,13,16H,8-9,11-12,14H2,1H3. The second-order valence-corrected chi connectivity index (χ2v) is 6.11. The van der Waals surface area contributed by atoms with Gasteiger partial charge in [-0.3, -0.25) is 9.78 Å². The first kappa shape index (κ1) is 14.8. The lowest BCUT2D eigenvalue weighted by molar-refractivity contribution is 0.0690. The van der Waals surface area contributed by atoms with Gasteiger partial charge in [0, 0.05) is 30.5 Å². The quantitative estimate of drug-likeness (QED) is 0.868. The molecule has 0 aliphatic carbocycles. The Morgan fingerprint density at radius 1 is 1.18 bits per heavy atom. The molecule has 0 unspecified atom stereocenters. The zero-order valence-corrected chi connectivity index (χ0v) is 13.0. The molecule has 0 bridgehead atoms. The first-order chi connectivity index (χ1) is 10.7. The van der Waals surface area contributed by atoms with Crippen LogP contribution in [0.4, 0.5) is 0 Å². The van der Waals surface area contributed by atoms with Crippen LogP contribution in [0.3, 0.4) is 0 Å². The number of rotatable bonds is 3. The molecule has 3 nitrogen and oxygen atoms in total. The van der Waals surface area contributed by atoms with Crippen molar-refractivity contribution in [2.75, 3.05) is 13.1 Å². The maximum atomic E-state index is 12.4. The van der Waals surface area contributed by atoms with Gasteiger partial charge in [-0.15, -0.1) is 0 Å². The van der Waals surface area contributed by atoms with Crippen molar-refractivity contribution in [3.05, 3.63) is 65.5 Å². The minimum Gasteiger partial charge on any atom is -0.339 e. The summed E-state index contributed by atoms with van der Waals surface area (Å²) in [7, 11) is 0. The van der Waals surface area contributed by atoms with Gasteiger partial charge < -0.3 is 4.90 Å². The maximum Gasteiger partial charge on any atom is 0.253 e. The summed E-state index contributed by atoms with van der Waals surface area (Å²) in [5.41, 5.74) is 3.24. The van der Waals surface area contributed by atoms with E-state index in [-0.39, 0.29) is 5.91 Å². The molecule has 22 heavy (non-hydrogen) atoms. The lowest BCUT2D eigenvalue weighted by Crippen LogP contribution is -2.38. The Hall–Kier alpha value is -2.16. The number of nitrogens with zero attached hydrogens (tertiary/aromatic N) is 2. The van der Waals surface area contributed by atoms with Gasteiger partial charge in [0.2, 0.25) is 0 Å². The first-order valence-electron chi connectivity index (χ1n) is 7.98. The smallest absolute Gasteiger partial charge is 0.253 e. The second kappa shape index (κ2) is 6.73. The Kier molecular flexibility index (Phi) is 4.52. The van der Waals surface area contributed by atoms with Crippen molar-refractivity contribution in [2.45, 2.75) is 26.2 Å². The predicted molar refractivity (Wildman–Crippen MR) is 87.7 cm³/mol. The molecule has 1 aliphatic rings. The number of likely N-dealkylation sites (tertiary alicyclic amines) is 1.